The third-order valence-electron chi connectivity index (χ3n) is 6.02. The van der Waals surface area contributed by atoms with E-state index in [1.807, 2.05) is 37.3 Å². The van der Waals surface area contributed by atoms with Crippen molar-refractivity contribution in [1.82, 2.24) is 0 Å². The second-order valence-electron chi connectivity index (χ2n) is 8.08. The lowest BCUT2D eigenvalue weighted by Gasteiger charge is -2.09. The Balaban J connectivity index is 1.65. The van der Waals surface area contributed by atoms with Gasteiger partial charge in [-0.3, -0.25) is 4.79 Å². The van der Waals surface area contributed by atoms with E-state index in [-0.39, 0.29) is 23.9 Å². The topological polar surface area (TPSA) is 26.3 Å². The summed E-state index contributed by atoms with van der Waals surface area (Å²) in [6.45, 7) is 6.46. The van der Waals surface area contributed by atoms with Crippen LogP contribution in [0.5, 0.6) is 0 Å². The molecule has 1 aromatic rings. The van der Waals surface area contributed by atoms with E-state index in [9.17, 15) is 4.79 Å². The van der Waals surface area contributed by atoms with E-state index in [1.54, 1.807) is 0 Å². The van der Waals surface area contributed by atoms with E-state index in [0.717, 1.165) is 16.7 Å². The zero-order chi connectivity index (χ0) is 18.7. The molecule has 2 aliphatic rings. The molecule has 0 heterocycles. The summed E-state index contributed by atoms with van der Waals surface area (Å²) < 4.78 is 5.62. The number of hydrogen-bond acceptors (Lipinski definition) is 2. The maximum atomic E-state index is 12.6. The van der Waals surface area contributed by atoms with Gasteiger partial charge in [0.25, 0.3) is 0 Å². The normalized spacial score (nSPS) is 24.5. The predicted molar refractivity (Wildman–Crippen MR) is 106 cm³/mol. The van der Waals surface area contributed by atoms with Crippen molar-refractivity contribution < 1.29 is 9.53 Å². The minimum Gasteiger partial charge on any atom is -0.460 e. The second kappa shape index (κ2) is 7.54. The van der Waals surface area contributed by atoms with Gasteiger partial charge >= 0.3 is 5.97 Å². The number of carbonyl (C=O) groups is 1. The van der Waals surface area contributed by atoms with E-state index < -0.39 is 0 Å². The molecule has 2 nitrogen and oxygen atoms in total. The van der Waals surface area contributed by atoms with Crippen molar-refractivity contribution in [2.45, 2.75) is 46.5 Å². The van der Waals surface area contributed by atoms with Gasteiger partial charge in [0.2, 0.25) is 0 Å². The van der Waals surface area contributed by atoms with E-state index in [0.29, 0.717) is 5.92 Å². The van der Waals surface area contributed by atoms with Gasteiger partial charge in [-0.1, -0.05) is 61.7 Å². The van der Waals surface area contributed by atoms with Crippen molar-refractivity contribution in [2.24, 2.45) is 17.3 Å². The number of ether oxygens (including phenoxy) is 1. The zero-order valence-corrected chi connectivity index (χ0v) is 16.0. The average molecular weight is 348 g/mol. The Labute approximate surface area is 157 Å². The lowest BCUT2D eigenvalue weighted by atomic mass is 10.0. The van der Waals surface area contributed by atoms with Gasteiger partial charge in [0.15, 0.2) is 0 Å². The van der Waals surface area contributed by atoms with Crippen LogP contribution in [-0.2, 0) is 9.53 Å². The van der Waals surface area contributed by atoms with Gasteiger partial charge in [0, 0.05) is 5.57 Å². The molecular weight excluding hydrogens is 320 g/mol. The molecule has 2 aliphatic carbocycles. The number of esters is 1. The highest BCUT2D eigenvalue weighted by molar-refractivity contribution is 5.79. The smallest absolute Gasteiger partial charge is 0.310 e. The monoisotopic (exact) mass is 348 g/mol. The predicted octanol–water partition coefficient (Wildman–Crippen LogP) is 5.41. The van der Waals surface area contributed by atoms with Crippen molar-refractivity contribution in [3.8, 4) is 12.3 Å². The molecule has 2 saturated carbocycles. The van der Waals surface area contributed by atoms with Crippen LogP contribution in [0.2, 0.25) is 0 Å². The molecular formula is C24H28O2. The third kappa shape index (κ3) is 3.78. The van der Waals surface area contributed by atoms with Gasteiger partial charge in [0.1, 0.15) is 6.61 Å². The summed E-state index contributed by atoms with van der Waals surface area (Å²) in [4.78, 5) is 12.6. The van der Waals surface area contributed by atoms with Crippen LogP contribution in [-0.4, -0.2) is 12.6 Å². The number of terminal acetylenes is 1. The molecule has 0 aliphatic heterocycles. The summed E-state index contributed by atoms with van der Waals surface area (Å²) in [5.41, 5.74) is 4.28. The Morgan fingerprint density at radius 3 is 2.54 bits per heavy atom. The molecule has 26 heavy (non-hydrogen) atoms. The van der Waals surface area contributed by atoms with Gasteiger partial charge in [-0.05, 0) is 55.1 Å². The molecule has 2 unspecified atom stereocenters. The van der Waals surface area contributed by atoms with Gasteiger partial charge in [-0.25, -0.2) is 0 Å². The van der Waals surface area contributed by atoms with E-state index in [2.05, 4.69) is 25.8 Å². The molecule has 0 aromatic heterocycles. The van der Waals surface area contributed by atoms with Crippen molar-refractivity contribution in [3.05, 3.63) is 53.1 Å². The van der Waals surface area contributed by atoms with Crippen molar-refractivity contribution >= 4 is 11.5 Å². The quantitative estimate of drug-likeness (QED) is 0.404. The molecule has 2 atom stereocenters. The molecule has 2 fully saturated rings. The molecule has 0 N–H and O–H groups in total. The van der Waals surface area contributed by atoms with Crippen molar-refractivity contribution in [3.63, 3.8) is 0 Å². The molecule has 3 rings (SSSR count). The largest absolute Gasteiger partial charge is 0.460 e. The van der Waals surface area contributed by atoms with E-state index in [4.69, 9.17) is 11.2 Å². The summed E-state index contributed by atoms with van der Waals surface area (Å²) in [6.07, 6.45) is 12.9. The summed E-state index contributed by atoms with van der Waals surface area (Å²) in [7, 11) is 0. The molecule has 0 bridgehead atoms. The molecule has 2 heteroatoms. The SMILES string of the molecule is C#C/C(COC(=O)C1C(C=C2CCCC2)C1(C)C)=C(/C)c1ccccc1. The number of allylic oxidation sites excluding steroid dienone is 3. The number of carbonyl (C=O) groups excluding carboxylic acids is 1. The van der Waals surface area contributed by atoms with Crippen LogP contribution >= 0.6 is 0 Å². The minimum absolute atomic E-state index is 0.0127. The Bertz CT molecular complexity index is 766. The Morgan fingerprint density at radius 2 is 1.92 bits per heavy atom. The first-order valence-electron chi connectivity index (χ1n) is 9.53. The zero-order valence-electron chi connectivity index (χ0n) is 16.0. The van der Waals surface area contributed by atoms with Crippen LogP contribution in [0.1, 0.15) is 52.0 Å². The van der Waals surface area contributed by atoms with Gasteiger partial charge in [-0.2, -0.15) is 0 Å². The van der Waals surface area contributed by atoms with Gasteiger partial charge in [-0.15, -0.1) is 6.42 Å². The lowest BCUT2D eigenvalue weighted by Crippen LogP contribution is -2.13. The van der Waals surface area contributed by atoms with Gasteiger partial charge in [0.05, 0.1) is 5.92 Å². The summed E-state index contributed by atoms with van der Waals surface area (Å²) >= 11 is 0. The fraction of sp³-hybridized carbons (Fsp3) is 0.458. The highest BCUT2D eigenvalue weighted by atomic mass is 16.5. The van der Waals surface area contributed by atoms with Crippen LogP contribution in [0.4, 0.5) is 0 Å². The summed E-state index contributed by atoms with van der Waals surface area (Å²) in [5, 5.41) is 0. The molecule has 136 valence electrons. The first-order valence-corrected chi connectivity index (χ1v) is 9.53. The van der Waals surface area contributed by atoms with Crippen LogP contribution < -0.4 is 0 Å². The Hall–Kier alpha value is -2.27. The minimum atomic E-state index is -0.122. The first kappa shape index (κ1) is 18.5. The molecule has 1 aromatic carbocycles. The van der Waals surface area contributed by atoms with Crippen LogP contribution in [0.3, 0.4) is 0 Å². The standard InChI is InChI=1S/C24H28O2/c1-5-19(17(2)20-13-7-6-8-14-20)16-26-23(25)22-21(24(22,3)4)15-18-11-9-10-12-18/h1,6-8,13-15,21-22H,9-12,16H2,2-4H3/b19-17+. The summed E-state index contributed by atoms with van der Waals surface area (Å²) in [6, 6.07) is 9.96. The fourth-order valence-electron chi connectivity index (χ4n) is 4.04. The van der Waals surface area contributed by atoms with Crippen LogP contribution in [0, 0.1) is 29.6 Å². The third-order valence-corrected chi connectivity index (χ3v) is 6.02. The van der Waals surface area contributed by atoms with Crippen LogP contribution in [0.25, 0.3) is 5.57 Å². The van der Waals surface area contributed by atoms with Crippen LogP contribution in [0.15, 0.2) is 47.6 Å². The van der Waals surface area contributed by atoms with E-state index in [1.165, 1.54) is 31.3 Å². The van der Waals surface area contributed by atoms with E-state index >= 15 is 0 Å². The Morgan fingerprint density at radius 1 is 1.27 bits per heavy atom. The molecule has 0 radical (unpaired) electrons. The number of rotatable bonds is 5. The second-order valence-corrected chi connectivity index (χ2v) is 8.08. The molecule has 0 saturated heterocycles. The maximum absolute atomic E-state index is 12.6. The number of hydrogen-bond donors (Lipinski definition) is 0. The highest BCUT2D eigenvalue weighted by Gasteiger charge is 2.61. The molecule has 0 amide bonds. The van der Waals surface area contributed by atoms with Gasteiger partial charge < -0.3 is 4.74 Å². The number of benzene rings is 1. The fourth-order valence-corrected chi connectivity index (χ4v) is 4.04. The Kier molecular flexibility index (Phi) is 5.37. The summed E-state index contributed by atoms with van der Waals surface area (Å²) in [5.74, 6) is 2.83. The van der Waals surface area contributed by atoms with Crippen molar-refractivity contribution in [2.75, 3.05) is 6.61 Å². The average Bonchev–Trinajstić information content (AvgIpc) is 2.98. The van der Waals surface area contributed by atoms with Crippen molar-refractivity contribution in [1.29, 1.82) is 0 Å². The maximum Gasteiger partial charge on any atom is 0.310 e. The lowest BCUT2D eigenvalue weighted by molar-refractivity contribution is -0.145. The highest BCUT2D eigenvalue weighted by Crippen LogP contribution is 2.60. The first-order chi connectivity index (χ1) is 12.4. The molecule has 0 spiro atoms.